The van der Waals surface area contributed by atoms with E-state index >= 15 is 0 Å². The van der Waals surface area contributed by atoms with Gasteiger partial charge >= 0.3 is 0 Å². The molecule has 0 aliphatic heterocycles. The Hall–Kier alpha value is -1.07. The Bertz CT molecular complexity index is 362. The van der Waals surface area contributed by atoms with Crippen LogP contribution in [0.25, 0.3) is 0 Å². The largest absolute Gasteiger partial charge is 0.399 e. The molecule has 0 aliphatic rings. The van der Waals surface area contributed by atoms with Gasteiger partial charge in [0.15, 0.2) is 0 Å². The van der Waals surface area contributed by atoms with E-state index in [0.717, 1.165) is 4.47 Å². The fourth-order valence-corrected chi connectivity index (χ4v) is 1.95. The molecular weight excluding hydrogens is 272 g/mol. The fourth-order valence-electron chi connectivity index (χ4n) is 1.44. The lowest BCUT2D eigenvalue weighted by Gasteiger charge is -2.19. The molecule has 1 aromatic rings. The van der Waals surface area contributed by atoms with E-state index < -0.39 is 0 Å². The summed E-state index contributed by atoms with van der Waals surface area (Å²) in [6.07, 6.45) is 0. The summed E-state index contributed by atoms with van der Waals surface area (Å²) < 4.78 is 0.774. The zero-order valence-electron chi connectivity index (χ0n) is 9.11. The summed E-state index contributed by atoms with van der Waals surface area (Å²) in [5.41, 5.74) is 6.73. The van der Waals surface area contributed by atoms with Crippen molar-refractivity contribution in [3.8, 4) is 0 Å². The monoisotopic (exact) mass is 286 g/mol. The molecule has 0 bridgehead atoms. The maximum Gasteiger partial charge on any atom is 0.254 e. The second-order valence-corrected chi connectivity index (χ2v) is 4.30. The minimum atomic E-state index is -0.121. The first-order chi connectivity index (χ1) is 7.58. The first kappa shape index (κ1) is 13.0. The minimum Gasteiger partial charge on any atom is -0.399 e. The third kappa shape index (κ3) is 3.21. The van der Waals surface area contributed by atoms with Gasteiger partial charge in [-0.15, -0.1) is 0 Å². The van der Waals surface area contributed by atoms with Gasteiger partial charge in [0, 0.05) is 28.8 Å². The molecule has 3 N–H and O–H groups in total. The highest BCUT2D eigenvalue weighted by Crippen LogP contribution is 2.18. The Balaban J connectivity index is 2.94. The number of carbonyl (C=O) groups is 1. The second-order valence-electron chi connectivity index (χ2n) is 3.38. The summed E-state index contributed by atoms with van der Waals surface area (Å²) in [7, 11) is 0. The average molecular weight is 287 g/mol. The van der Waals surface area contributed by atoms with Crippen LogP contribution in [0.5, 0.6) is 0 Å². The smallest absolute Gasteiger partial charge is 0.254 e. The van der Waals surface area contributed by atoms with Gasteiger partial charge < -0.3 is 15.7 Å². The van der Waals surface area contributed by atoms with E-state index in [4.69, 9.17) is 10.8 Å². The SMILES string of the molecule is CCN(CCO)C(=O)c1cc(N)cc(Br)c1. The molecule has 0 aromatic heterocycles. The van der Waals surface area contributed by atoms with Gasteiger partial charge in [-0.05, 0) is 25.1 Å². The number of hydrogen-bond acceptors (Lipinski definition) is 3. The molecule has 0 aliphatic carbocycles. The number of nitrogens with zero attached hydrogens (tertiary/aromatic N) is 1. The Morgan fingerprint density at radius 1 is 1.50 bits per heavy atom. The highest BCUT2D eigenvalue weighted by Gasteiger charge is 2.14. The number of likely N-dealkylation sites (N-methyl/N-ethyl adjacent to an activating group) is 1. The average Bonchev–Trinajstić information content (AvgIpc) is 2.23. The Kier molecular flexibility index (Phi) is 4.76. The first-order valence-corrected chi connectivity index (χ1v) is 5.84. The Morgan fingerprint density at radius 3 is 2.69 bits per heavy atom. The molecule has 0 saturated heterocycles. The van der Waals surface area contributed by atoms with E-state index in [2.05, 4.69) is 15.9 Å². The highest BCUT2D eigenvalue weighted by molar-refractivity contribution is 9.10. The van der Waals surface area contributed by atoms with Crippen LogP contribution >= 0.6 is 15.9 Å². The molecule has 1 amide bonds. The number of hydrogen-bond donors (Lipinski definition) is 2. The van der Waals surface area contributed by atoms with E-state index in [1.54, 1.807) is 23.1 Å². The van der Waals surface area contributed by atoms with Crippen molar-refractivity contribution in [2.75, 3.05) is 25.4 Å². The molecule has 0 saturated carbocycles. The van der Waals surface area contributed by atoms with E-state index in [1.807, 2.05) is 6.92 Å². The minimum absolute atomic E-state index is 0.0386. The number of rotatable bonds is 4. The molecule has 0 unspecified atom stereocenters. The molecule has 5 heteroatoms. The van der Waals surface area contributed by atoms with Crippen LogP contribution in [-0.2, 0) is 0 Å². The van der Waals surface area contributed by atoms with Crippen LogP contribution in [0, 0.1) is 0 Å². The molecule has 16 heavy (non-hydrogen) atoms. The van der Waals surface area contributed by atoms with E-state index in [-0.39, 0.29) is 12.5 Å². The number of halogens is 1. The van der Waals surface area contributed by atoms with E-state index in [0.29, 0.717) is 24.3 Å². The molecule has 0 heterocycles. The van der Waals surface area contributed by atoms with Crippen molar-refractivity contribution in [1.82, 2.24) is 4.90 Å². The van der Waals surface area contributed by atoms with Gasteiger partial charge in [0.25, 0.3) is 5.91 Å². The van der Waals surface area contributed by atoms with Crippen LogP contribution in [0.15, 0.2) is 22.7 Å². The molecule has 88 valence electrons. The van der Waals surface area contributed by atoms with Crippen LogP contribution in [0.4, 0.5) is 5.69 Å². The van der Waals surface area contributed by atoms with Crippen molar-refractivity contribution in [1.29, 1.82) is 0 Å². The summed E-state index contributed by atoms with van der Waals surface area (Å²) in [6.45, 7) is 2.73. The van der Waals surface area contributed by atoms with Gasteiger partial charge in [-0.2, -0.15) is 0 Å². The standard InChI is InChI=1S/C11H15BrN2O2/c1-2-14(3-4-15)11(16)8-5-9(12)7-10(13)6-8/h5-7,15H,2-4,13H2,1H3. The quantitative estimate of drug-likeness (QED) is 0.824. The van der Waals surface area contributed by atoms with Crippen LogP contribution < -0.4 is 5.73 Å². The summed E-state index contributed by atoms with van der Waals surface area (Å²) in [4.78, 5) is 13.6. The topological polar surface area (TPSA) is 66.6 Å². The zero-order chi connectivity index (χ0) is 12.1. The Morgan fingerprint density at radius 2 is 2.19 bits per heavy atom. The third-order valence-electron chi connectivity index (χ3n) is 2.21. The molecule has 4 nitrogen and oxygen atoms in total. The van der Waals surface area contributed by atoms with Crippen molar-refractivity contribution >= 4 is 27.5 Å². The van der Waals surface area contributed by atoms with Gasteiger partial charge in [-0.25, -0.2) is 0 Å². The Labute approximate surface area is 103 Å². The van der Waals surface area contributed by atoms with Crippen molar-refractivity contribution < 1.29 is 9.90 Å². The normalized spacial score (nSPS) is 10.2. The summed E-state index contributed by atoms with van der Waals surface area (Å²) in [5, 5.41) is 8.84. The molecule has 0 fully saturated rings. The number of nitrogen functional groups attached to an aromatic ring is 1. The number of aliphatic hydroxyl groups is 1. The predicted octanol–water partition coefficient (Wildman–Crippen LogP) is 1.49. The number of anilines is 1. The summed E-state index contributed by atoms with van der Waals surface area (Å²) in [5.74, 6) is -0.121. The number of aliphatic hydroxyl groups excluding tert-OH is 1. The zero-order valence-corrected chi connectivity index (χ0v) is 10.7. The highest BCUT2D eigenvalue weighted by atomic mass is 79.9. The lowest BCUT2D eigenvalue weighted by molar-refractivity contribution is 0.0732. The van der Waals surface area contributed by atoms with Gasteiger partial charge in [-0.3, -0.25) is 4.79 Å². The molecule has 0 atom stereocenters. The van der Waals surface area contributed by atoms with Gasteiger partial charge in [-0.1, -0.05) is 15.9 Å². The maximum absolute atomic E-state index is 12.0. The van der Waals surface area contributed by atoms with Crippen LogP contribution in [-0.4, -0.2) is 35.6 Å². The molecule has 1 rings (SSSR count). The fraction of sp³-hybridized carbons (Fsp3) is 0.364. The molecule has 0 spiro atoms. The van der Waals surface area contributed by atoms with Crippen molar-refractivity contribution in [2.24, 2.45) is 0 Å². The maximum atomic E-state index is 12.0. The number of benzene rings is 1. The number of carbonyl (C=O) groups excluding carboxylic acids is 1. The summed E-state index contributed by atoms with van der Waals surface area (Å²) >= 11 is 3.29. The van der Waals surface area contributed by atoms with Crippen LogP contribution in [0.2, 0.25) is 0 Å². The van der Waals surface area contributed by atoms with Crippen LogP contribution in [0.1, 0.15) is 17.3 Å². The van der Waals surface area contributed by atoms with Crippen molar-refractivity contribution in [3.05, 3.63) is 28.2 Å². The van der Waals surface area contributed by atoms with Crippen LogP contribution in [0.3, 0.4) is 0 Å². The van der Waals surface area contributed by atoms with E-state index in [1.165, 1.54) is 0 Å². The van der Waals surface area contributed by atoms with Gasteiger partial charge in [0.2, 0.25) is 0 Å². The predicted molar refractivity (Wildman–Crippen MR) is 67.2 cm³/mol. The van der Waals surface area contributed by atoms with Gasteiger partial charge in [0.05, 0.1) is 6.61 Å². The summed E-state index contributed by atoms with van der Waals surface area (Å²) in [6, 6.07) is 5.09. The number of nitrogens with two attached hydrogens (primary N) is 1. The van der Waals surface area contributed by atoms with E-state index in [9.17, 15) is 4.79 Å². The first-order valence-electron chi connectivity index (χ1n) is 5.04. The molecule has 0 radical (unpaired) electrons. The lowest BCUT2D eigenvalue weighted by Crippen LogP contribution is -2.33. The third-order valence-corrected chi connectivity index (χ3v) is 2.66. The van der Waals surface area contributed by atoms with Gasteiger partial charge in [0.1, 0.15) is 0 Å². The number of amides is 1. The second kappa shape index (κ2) is 5.86. The lowest BCUT2D eigenvalue weighted by atomic mass is 10.2. The van der Waals surface area contributed by atoms with Crippen molar-refractivity contribution in [2.45, 2.75) is 6.92 Å². The molecule has 1 aromatic carbocycles. The molecular formula is C11H15BrN2O2. The van der Waals surface area contributed by atoms with Crippen molar-refractivity contribution in [3.63, 3.8) is 0 Å².